The lowest BCUT2D eigenvalue weighted by Gasteiger charge is -2.37. The number of hydrogen-bond acceptors (Lipinski definition) is 1. The van der Waals surface area contributed by atoms with Crippen molar-refractivity contribution >= 4 is 0 Å². The molecule has 0 spiro atoms. The van der Waals surface area contributed by atoms with Crippen molar-refractivity contribution in [3.63, 3.8) is 0 Å². The van der Waals surface area contributed by atoms with Gasteiger partial charge in [-0.3, -0.25) is 0 Å². The first-order valence-electron chi connectivity index (χ1n) is 9.15. The van der Waals surface area contributed by atoms with Crippen LogP contribution in [0.4, 0.5) is 8.78 Å². The summed E-state index contributed by atoms with van der Waals surface area (Å²) in [4.78, 5) is 0. The van der Waals surface area contributed by atoms with Crippen LogP contribution in [0.1, 0.15) is 69.8 Å². The highest BCUT2D eigenvalue weighted by atomic mass is 19.1. The lowest BCUT2D eigenvalue weighted by atomic mass is 9.68. The number of rotatable bonds is 4. The summed E-state index contributed by atoms with van der Waals surface area (Å²) >= 11 is 0. The highest BCUT2D eigenvalue weighted by Crippen LogP contribution is 2.44. The van der Waals surface area contributed by atoms with E-state index in [4.69, 9.17) is 0 Å². The van der Waals surface area contributed by atoms with Crippen molar-refractivity contribution < 1.29 is 13.5 Å². The number of ether oxygens (including phenoxy) is 1. The van der Waals surface area contributed by atoms with Crippen molar-refractivity contribution in [2.24, 2.45) is 17.8 Å². The van der Waals surface area contributed by atoms with Gasteiger partial charge in [-0.05, 0) is 79.9 Å². The third kappa shape index (κ3) is 4.05. The second kappa shape index (κ2) is 7.63. The van der Waals surface area contributed by atoms with Crippen molar-refractivity contribution in [1.82, 2.24) is 0 Å². The topological polar surface area (TPSA) is 9.23 Å². The van der Waals surface area contributed by atoms with Gasteiger partial charge in [0.25, 0.3) is 0 Å². The van der Waals surface area contributed by atoms with Gasteiger partial charge >= 0.3 is 0 Å². The minimum atomic E-state index is -0.985. The van der Waals surface area contributed by atoms with Crippen LogP contribution in [0.2, 0.25) is 0 Å². The summed E-state index contributed by atoms with van der Waals surface area (Å²) in [6.07, 6.45) is 10.4. The molecule has 0 saturated heterocycles. The van der Waals surface area contributed by atoms with Crippen LogP contribution in [0.25, 0.3) is 0 Å². The molecule has 0 unspecified atom stereocenters. The lowest BCUT2D eigenvalue weighted by Crippen LogP contribution is -2.24. The molecule has 3 rings (SSSR count). The molecule has 1 aromatic carbocycles. The van der Waals surface area contributed by atoms with Gasteiger partial charge in [0, 0.05) is 0 Å². The normalized spacial score (nSPS) is 31.8. The zero-order chi connectivity index (χ0) is 16.2. The van der Waals surface area contributed by atoms with Crippen LogP contribution in [0.15, 0.2) is 18.2 Å². The van der Waals surface area contributed by atoms with Crippen molar-refractivity contribution in [1.29, 1.82) is 0 Å². The number of hydrogen-bond donors (Lipinski definition) is 0. The van der Waals surface area contributed by atoms with Crippen molar-refractivity contribution in [2.45, 2.75) is 64.2 Å². The van der Waals surface area contributed by atoms with Gasteiger partial charge < -0.3 is 4.74 Å². The first-order valence-corrected chi connectivity index (χ1v) is 9.15. The van der Waals surface area contributed by atoms with Crippen molar-refractivity contribution in [2.75, 3.05) is 6.86 Å². The highest BCUT2D eigenvalue weighted by Gasteiger charge is 2.30. The smallest absolute Gasteiger partial charge is 0.228 e. The van der Waals surface area contributed by atoms with Gasteiger partial charge in [0.2, 0.25) is 6.86 Å². The van der Waals surface area contributed by atoms with Gasteiger partial charge in [0.05, 0.1) is 0 Å². The number of benzene rings is 1. The second-order valence-corrected chi connectivity index (χ2v) is 7.57. The molecule has 0 N–H and O–H groups in total. The Morgan fingerprint density at radius 2 is 1.57 bits per heavy atom. The number of halogens is 2. The molecule has 0 radical (unpaired) electrons. The van der Waals surface area contributed by atoms with Gasteiger partial charge in [-0.1, -0.05) is 25.8 Å². The molecular weight excluding hydrogens is 294 g/mol. The molecule has 3 heteroatoms. The quantitative estimate of drug-likeness (QED) is 0.638. The van der Waals surface area contributed by atoms with E-state index in [0.717, 1.165) is 36.2 Å². The van der Waals surface area contributed by atoms with E-state index < -0.39 is 12.7 Å². The third-order valence-electron chi connectivity index (χ3n) is 6.14. The second-order valence-electron chi connectivity index (χ2n) is 7.57. The molecule has 0 bridgehead atoms. The van der Waals surface area contributed by atoms with Gasteiger partial charge in [-0.15, -0.1) is 0 Å². The van der Waals surface area contributed by atoms with Gasteiger partial charge in [0.15, 0.2) is 11.6 Å². The molecule has 0 aromatic heterocycles. The maximum atomic E-state index is 13.9. The first kappa shape index (κ1) is 16.7. The fourth-order valence-corrected chi connectivity index (χ4v) is 4.63. The predicted molar refractivity (Wildman–Crippen MR) is 88.8 cm³/mol. The summed E-state index contributed by atoms with van der Waals surface area (Å²) in [6.45, 7) is 1.39. The Morgan fingerprint density at radius 3 is 2.13 bits per heavy atom. The maximum Gasteiger partial charge on any atom is 0.228 e. The molecule has 1 nitrogen and oxygen atoms in total. The van der Waals surface area contributed by atoms with E-state index >= 15 is 0 Å². The van der Waals surface area contributed by atoms with Crippen LogP contribution in [-0.2, 0) is 0 Å². The largest absolute Gasteiger partial charge is 0.460 e. The number of alkyl halides is 1. The Labute approximate surface area is 138 Å². The molecule has 128 valence electrons. The van der Waals surface area contributed by atoms with E-state index in [9.17, 15) is 8.78 Å². The Kier molecular flexibility index (Phi) is 5.55. The van der Waals surface area contributed by atoms with Gasteiger partial charge in [-0.25, -0.2) is 8.78 Å². The Morgan fingerprint density at radius 1 is 0.957 bits per heavy atom. The highest BCUT2D eigenvalue weighted by molar-refractivity contribution is 5.31. The molecule has 0 aliphatic heterocycles. The van der Waals surface area contributed by atoms with E-state index in [0.29, 0.717) is 5.92 Å². The minimum absolute atomic E-state index is 0.0151. The first-order chi connectivity index (χ1) is 11.2. The summed E-state index contributed by atoms with van der Waals surface area (Å²) in [5.41, 5.74) is 1.05. The van der Waals surface area contributed by atoms with E-state index in [1.807, 2.05) is 6.07 Å². The Balaban J connectivity index is 1.55. The van der Waals surface area contributed by atoms with Crippen LogP contribution in [0, 0.1) is 23.6 Å². The molecule has 2 saturated carbocycles. The fraction of sp³-hybridized carbons (Fsp3) is 0.700. The zero-order valence-electron chi connectivity index (χ0n) is 14.1. The minimum Gasteiger partial charge on any atom is -0.460 e. The molecule has 23 heavy (non-hydrogen) atoms. The molecule has 2 aliphatic rings. The van der Waals surface area contributed by atoms with Crippen LogP contribution in [-0.4, -0.2) is 6.86 Å². The fourth-order valence-electron chi connectivity index (χ4n) is 4.63. The van der Waals surface area contributed by atoms with Crippen LogP contribution in [0.3, 0.4) is 0 Å². The Bertz CT molecular complexity index is 500. The SMILES string of the molecule is CC1CCC(C2CCC(c3ccc(OCF)c(F)c3)CC2)CC1. The van der Waals surface area contributed by atoms with Crippen LogP contribution in [0.5, 0.6) is 5.75 Å². The molecule has 0 amide bonds. The summed E-state index contributed by atoms with van der Waals surface area (Å²) in [5.74, 6) is 2.73. The summed E-state index contributed by atoms with van der Waals surface area (Å²) in [7, 11) is 0. The van der Waals surface area contributed by atoms with E-state index in [2.05, 4.69) is 11.7 Å². The van der Waals surface area contributed by atoms with Crippen LogP contribution < -0.4 is 4.74 Å². The molecule has 2 aliphatic carbocycles. The zero-order valence-corrected chi connectivity index (χ0v) is 14.1. The predicted octanol–water partition coefficient (Wildman–Crippen LogP) is 6.23. The summed E-state index contributed by atoms with van der Waals surface area (Å²) in [6, 6.07) is 5.01. The van der Waals surface area contributed by atoms with Crippen LogP contribution >= 0.6 is 0 Å². The lowest BCUT2D eigenvalue weighted by molar-refractivity contribution is 0.165. The molecule has 2 fully saturated rings. The Hall–Kier alpha value is -1.12. The molecule has 0 heterocycles. The van der Waals surface area contributed by atoms with Crippen molar-refractivity contribution in [3.05, 3.63) is 29.6 Å². The van der Waals surface area contributed by atoms with E-state index in [-0.39, 0.29) is 5.75 Å². The van der Waals surface area contributed by atoms with Gasteiger partial charge in [-0.2, -0.15) is 0 Å². The summed E-state index contributed by atoms with van der Waals surface area (Å²) in [5, 5.41) is 0. The maximum absolute atomic E-state index is 13.9. The third-order valence-corrected chi connectivity index (χ3v) is 6.14. The summed E-state index contributed by atoms with van der Waals surface area (Å²) < 4.78 is 30.7. The van der Waals surface area contributed by atoms with Gasteiger partial charge in [0.1, 0.15) is 0 Å². The van der Waals surface area contributed by atoms with E-state index in [1.165, 1.54) is 44.6 Å². The molecular formula is C20H28F2O. The van der Waals surface area contributed by atoms with E-state index in [1.54, 1.807) is 6.07 Å². The average Bonchev–Trinajstić information content (AvgIpc) is 2.58. The average molecular weight is 322 g/mol. The molecule has 1 aromatic rings. The van der Waals surface area contributed by atoms with Crippen molar-refractivity contribution in [3.8, 4) is 5.75 Å². The standard InChI is InChI=1S/C20H28F2O/c1-14-2-4-15(5-3-14)16-6-8-17(9-7-16)18-10-11-20(23-13-21)19(22)12-18/h10-12,14-17H,2-9,13H2,1H3. The monoisotopic (exact) mass is 322 g/mol. The molecule has 0 atom stereocenters.